The molecule has 6 nitrogen and oxygen atoms in total. The lowest BCUT2D eigenvalue weighted by Gasteiger charge is -2.07. The molecule has 0 spiro atoms. The van der Waals surface area contributed by atoms with Crippen LogP contribution in [0.25, 0.3) is 17.2 Å². The molecule has 0 aliphatic carbocycles. The third-order valence-electron chi connectivity index (χ3n) is 3.76. The van der Waals surface area contributed by atoms with Gasteiger partial charge in [0.05, 0.1) is 5.69 Å². The summed E-state index contributed by atoms with van der Waals surface area (Å²) in [7, 11) is 0. The Hall–Kier alpha value is -3.80. The molecule has 0 saturated heterocycles. The van der Waals surface area contributed by atoms with Gasteiger partial charge in [-0.2, -0.15) is 9.67 Å². The maximum atomic E-state index is 12.5. The predicted molar refractivity (Wildman–Crippen MR) is 99.0 cm³/mol. The van der Waals surface area contributed by atoms with Gasteiger partial charge in [-0.1, -0.05) is 42.5 Å². The summed E-state index contributed by atoms with van der Waals surface area (Å²) >= 11 is 0. The molecule has 2 heterocycles. The monoisotopic (exact) mass is 341 g/mol. The van der Waals surface area contributed by atoms with E-state index < -0.39 is 0 Å². The fourth-order valence-corrected chi connectivity index (χ4v) is 2.51. The first-order chi connectivity index (χ1) is 12.8. The minimum Gasteiger partial charge on any atom is -0.290 e. The van der Waals surface area contributed by atoms with Gasteiger partial charge in [-0.05, 0) is 36.4 Å². The number of hydrogen-bond donors (Lipinski definition) is 1. The average Bonchev–Trinajstić information content (AvgIpc) is 3.14. The van der Waals surface area contributed by atoms with Crippen molar-refractivity contribution in [2.75, 3.05) is 5.32 Å². The van der Waals surface area contributed by atoms with Crippen LogP contribution in [0.5, 0.6) is 0 Å². The van der Waals surface area contributed by atoms with Crippen molar-refractivity contribution in [2.24, 2.45) is 0 Å². The molecule has 4 rings (SSSR count). The van der Waals surface area contributed by atoms with E-state index >= 15 is 0 Å². The number of carbonyl (C=O) groups is 1. The number of para-hydroxylation sites is 1. The second-order valence-corrected chi connectivity index (χ2v) is 5.54. The average molecular weight is 341 g/mol. The van der Waals surface area contributed by atoms with Crippen LogP contribution in [-0.4, -0.2) is 25.7 Å². The summed E-state index contributed by atoms with van der Waals surface area (Å²) in [6, 6.07) is 24.0. The fraction of sp³-hybridized carbons (Fsp3) is 0. The summed E-state index contributed by atoms with van der Waals surface area (Å²) < 4.78 is 1.60. The number of nitrogens with zero attached hydrogens (tertiary/aromatic N) is 4. The van der Waals surface area contributed by atoms with Crippen molar-refractivity contribution in [3.05, 3.63) is 90.6 Å². The van der Waals surface area contributed by atoms with E-state index in [2.05, 4.69) is 20.4 Å². The lowest BCUT2D eigenvalue weighted by molar-refractivity contribution is 0.102. The van der Waals surface area contributed by atoms with Crippen LogP contribution in [0.3, 0.4) is 0 Å². The Kier molecular flexibility index (Phi) is 4.22. The maximum absolute atomic E-state index is 12.5. The van der Waals surface area contributed by atoms with E-state index in [4.69, 9.17) is 0 Å². The van der Waals surface area contributed by atoms with Crippen molar-refractivity contribution in [3.8, 4) is 17.2 Å². The zero-order chi connectivity index (χ0) is 17.8. The molecule has 0 fully saturated rings. The van der Waals surface area contributed by atoms with E-state index in [9.17, 15) is 4.79 Å². The number of carbonyl (C=O) groups excluding carboxylic acids is 1. The molecule has 4 aromatic rings. The highest BCUT2D eigenvalue weighted by atomic mass is 16.1. The molecule has 0 atom stereocenters. The largest absolute Gasteiger partial charge is 0.290 e. The quantitative estimate of drug-likeness (QED) is 0.616. The van der Waals surface area contributed by atoms with Crippen LogP contribution in [0.4, 0.5) is 5.95 Å². The minimum absolute atomic E-state index is 0.247. The summed E-state index contributed by atoms with van der Waals surface area (Å²) in [6.45, 7) is 0. The van der Waals surface area contributed by atoms with E-state index in [1.807, 2.05) is 66.7 Å². The second-order valence-electron chi connectivity index (χ2n) is 5.54. The van der Waals surface area contributed by atoms with Gasteiger partial charge in [0.15, 0.2) is 0 Å². The first-order valence-corrected chi connectivity index (χ1v) is 8.11. The zero-order valence-corrected chi connectivity index (χ0v) is 13.8. The minimum atomic E-state index is -0.247. The molecule has 2 aromatic heterocycles. The van der Waals surface area contributed by atoms with E-state index in [1.54, 1.807) is 23.0 Å². The molecule has 0 aliphatic heterocycles. The number of amides is 1. The number of nitrogens with one attached hydrogen (secondary N) is 1. The van der Waals surface area contributed by atoms with Crippen molar-refractivity contribution < 1.29 is 4.79 Å². The van der Waals surface area contributed by atoms with E-state index in [0.29, 0.717) is 23.0 Å². The summed E-state index contributed by atoms with van der Waals surface area (Å²) in [5.74, 6) is 0.534. The standard InChI is InChI=1S/C20H15N5O/c26-19(15-9-3-1-4-10-15)23-20-22-18(17-13-7-8-14-21-17)24-25(20)16-11-5-2-6-12-16/h1-14H,(H,22,23,24,26). The summed E-state index contributed by atoms with van der Waals surface area (Å²) in [6.07, 6.45) is 1.68. The number of rotatable bonds is 4. The van der Waals surface area contributed by atoms with Gasteiger partial charge in [0, 0.05) is 11.8 Å². The molecule has 0 aliphatic rings. The molecular formula is C20H15N5O. The number of aromatic nitrogens is 4. The third kappa shape index (κ3) is 3.21. The van der Waals surface area contributed by atoms with E-state index in [-0.39, 0.29) is 5.91 Å². The number of hydrogen-bond acceptors (Lipinski definition) is 4. The van der Waals surface area contributed by atoms with E-state index in [0.717, 1.165) is 5.69 Å². The molecule has 126 valence electrons. The van der Waals surface area contributed by atoms with Gasteiger partial charge in [-0.25, -0.2) is 0 Å². The maximum Gasteiger partial charge on any atom is 0.258 e. The Labute approximate surface area is 150 Å². The fourth-order valence-electron chi connectivity index (χ4n) is 2.51. The normalized spacial score (nSPS) is 10.5. The zero-order valence-electron chi connectivity index (χ0n) is 13.8. The van der Waals surface area contributed by atoms with Crippen LogP contribution in [0.1, 0.15) is 10.4 Å². The Bertz CT molecular complexity index is 1010. The molecule has 0 saturated carbocycles. The SMILES string of the molecule is O=C(Nc1nc(-c2ccccn2)nn1-c1ccccc1)c1ccccc1. The van der Waals surface area contributed by atoms with Gasteiger partial charge < -0.3 is 0 Å². The van der Waals surface area contributed by atoms with Crippen molar-refractivity contribution in [2.45, 2.75) is 0 Å². The molecule has 26 heavy (non-hydrogen) atoms. The summed E-state index contributed by atoms with van der Waals surface area (Å²) in [5, 5.41) is 7.36. The Morgan fingerprint density at radius 1 is 0.846 bits per heavy atom. The molecule has 1 N–H and O–H groups in total. The first-order valence-electron chi connectivity index (χ1n) is 8.11. The van der Waals surface area contributed by atoms with Gasteiger partial charge in [-0.3, -0.25) is 15.1 Å². The Morgan fingerprint density at radius 3 is 2.23 bits per heavy atom. The summed E-state index contributed by atoms with van der Waals surface area (Å²) in [5.41, 5.74) is 1.98. The van der Waals surface area contributed by atoms with Crippen molar-refractivity contribution in [1.82, 2.24) is 19.7 Å². The molecular weight excluding hydrogens is 326 g/mol. The predicted octanol–water partition coefficient (Wildman–Crippen LogP) is 3.58. The van der Waals surface area contributed by atoms with E-state index in [1.165, 1.54) is 0 Å². The van der Waals surface area contributed by atoms with Crippen LogP contribution >= 0.6 is 0 Å². The van der Waals surface area contributed by atoms with Crippen molar-refractivity contribution in [3.63, 3.8) is 0 Å². The van der Waals surface area contributed by atoms with Crippen LogP contribution in [0, 0.1) is 0 Å². The van der Waals surface area contributed by atoms with Crippen LogP contribution in [0.15, 0.2) is 85.1 Å². The van der Waals surface area contributed by atoms with Gasteiger partial charge in [-0.15, -0.1) is 5.10 Å². The molecule has 6 heteroatoms. The van der Waals surface area contributed by atoms with Crippen LogP contribution in [-0.2, 0) is 0 Å². The Balaban J connectivity index is 1.75. The highest BCUT2D eigenvalue weighted by molar-refractivity contribution is 6.03. The third-order valence-corrected chi connectivity index (χ3v) is 3.76. The molecule has 0 radical (unpaired) electrons. The second kappa shape index (κ2) is 6.98. The van der Waals surface area contributed by atoms with Gasteiger partial charge in [0.2, 0.25) is 11.8 Å². The topological polar surface area (TPSA) is 72.7 Å². The first kappa shape index (κ1) is 15.7. The highest BCUT2D eigenvalue weighted by Crippen LogP contribution is 2.20. The number of anilines is 1. The number of pyridine rings is 1. The van der Waals surface area contributed by atoms with Gasteiger partial charge in [0.25, 0.3) is 5.91 Å². The lowest BCUT2D eigenvalue weighted by Crippen LogP contribution is -2.15. The van der Waals surface area contributed by atoms with Crippen LogP contribution < -0.4 is 5.32 Å². The van der Waals surface area contributed by atoms with Gasteiger partial charge in [0.1, 0.15) is 5.69 Å². The molecule has 1 amide bonds. The van der Waals surface area contributed by atoms with Crippen LogP contribution in [0.2, 0.25) is 0 Å². The Morgan fingerprint density at radius 2 is 1.54 bits per heavy atom. The lowest BCUT2D eigenvalue weighted by atomic mass is 10.2. The van der Waals surface area contributed by atoms with Crippen molar-refractivity contribution >= 4 is 11.9 Å². The smallest absolute Gasteiger partial charge is 0.258 e. The molecule has 0 bridgehead atoms. The highest BCUT2D eigenvalue weighted by Gasteiger charge is 2.16. The number of benzene rings is 2. The van der Waals surface area contributed by atoms with Crippen molar-refractivity contribution in [1.29, 1.82) is 0 Å². The molecule has 2 aromatic carbocycles. The molecule has 0 unspecified atom stereocenters. The van der Waals surface area contributed by atoms with Gasteiger partial charge >= 0.3 is 0 Å². The summed E-state index contributed by atoms with van der Waals surface area (Å²) in [4.78, 5) is 21.3.